The first-order valence-electron chi connectivity index (χ1n) is 4.63. The van der Waals surface area contributed by atoms with E-state index in [1.165, 1.54) is 0 Å². The van der Waals surface area contributed by atoms with Crippen LogP contribution in [0.3, 0.4) is 0 Å². The molecule has 13 heavy (non-hydrogen) atoms. The number of oxazole rings is 1. The molecule has 0 aliphatic carbocycles. The van der Waals surface area contributed by atoms with Crippen molar-refractivity contribution in [2.45, 2.75) is 26.3 Å². The van der Waals surface area contributed by atoms with Crippen molar-refractivity contribution < 1.29 is 8.90 Å². The molecule has 0 aliphatic rings. The highest BCUT2D eigenvalue weighted by atomic mass is 16.4. The van der Waals surface area contributed by atoms with Crippen molar-refractivity contribution >= 4 is 0 Å². The van der Waals surface area contributed by atoms with Crippen molar-refractivity contribution in [2.75, 3.05) is 21.1 Å². The molecular formula is C10H19N2O+. The van der Waals surface area contributed by atoms with Gasteiger partial charge in [0.1, 0.15) is 6.54 Å². The number of rotatable bonds is 3. The maximum Gasteiger partial charge on any atom is 0.197 e. The first kappa shape index (κ1) is 10.3. The summed E-state index contributed by atoms with van der Waals surface area (Å²) in [6, 6.07) is 0. The quantitative estimate of drug-likeness (QED) is 0.670. The maximum atomic E-state index is 5.59. The van der Waals surface area contributed by atoms with Crippen LogP contribution in [0, 0.1) is 0 Å². The molecule has 0 unspecified atom stereocenters. The van der Waals surface area contributed by atoms with Crippen molar-refractivity contribution in [1.82, 2.24) is 4.98 Å². The average Bonchev–Trinajstić information content (AvgIpc) is 2.31. The van der Waals surface area contributed by atoms with Crippen LogP contribution in [0.4, 0.5) is 0 Å². The van der Waals surface area contributed by atoms with Crippen LogP contribution in [-0.4, -0.2) is 30.6 Å². The lowest BCUT2D eigenvalue weighted by Gasteiger charge is -2.21. The summed E-state index contributed by atoms with van der Waals surface area (Å²) in [7, 11) is 6.41. The molecule has 0 atom stereocenters. The molecule has 1 rings (SSSR count). The molecule has 0 radical (unpaired) electrons. The second-order valence-corrected chi connectivity index (χ2v) is 4.77. The van der Waals surface area contributed by atoms with Crippen LogP contribution in [-0.2, 0) is 6.54 Å². The summed E-state index contributed by atoms with van der Waals surface area (Å²) in [5.41, 5.74) is 0. The highest BCUT2D eigenvalue weighted by molar-refractivity contribution is 4.95. The average molecular weight is 183 g/mol. The zero-order valence-corrected chi connectivity index (χ0v) is 9.16. The number of hydrogen-bond donors (Lipinski definition) is 0. The van der Waals surface area contributed by atoms with Gasteiger partial charge in [-0.15, -0.1) is 0 Å². The van der Waals surface area contributed by atoms with Crippen LogP contribution in [0.15, 0.2) is 10.6 Å². The Morgan fingerprint density at radius 1 is 1.38 bits per heavy atom. The van der Waals surface area contributed by atoms with E-state index in [9.17, 15) is 0 Å². The fourth-order valence-electron chi connectivity index (χ4n) is 1.13. The number of hydrogen-bond acceptors (Lipinski definition) is 2. The zero-order valence-electron chi connectivity index (χ0n) is 9.16. The Labute approximate surface area is 80.0 Å². The molecule has 1 aromatic heterocycles. The molecule has 0 spiro atoms. The lowest BCUT2D eigenvalue weighted by atomic mass is 10.2. The Morgan fingerprint density at radius 2 is 2.00 bits per heavy atom. The maximum absolute atomic E-state index is 5.59. The van der Waals surface area contributed by atoms with Gasteiger partial charge in [0.05, 0.1) is 27.3 Å². The molecule has 0 N–H and O–H groups in total. The largest absolute Gasteiger partial charge is 0.439 e. The second-order valence-electron chi connectivity index (χ2n) is 4.77. The third-order valence-corrected chi connectivity index (χ3v) is 1.70. The first-order chi connectivity index (χ1) is 5.88. The third-order valence-electron chi connectivity index (χ3n) is 1.70. The molecule has 0 saturated heterocycles. The van der Waals surface area contributed by atoms with E-state index in [4.69, 9.17) is 4.42 Å². The molecular weight excluding hydrogens is 164 g/mol. The topological polar surface area (TPSA) is 26.0 Å². The summed E-state index contributed by atoms with van der Waals surface area (Å²) in [5.74, 6) is 2.18. The smallest absolute Gasteiger partial charge is 0.197 e. The standard InChI is InChI=1S/C10H19N2O/c1-8(2)10-11-6-9(13-10)7-12(3,4)5/h6,8H,7H2,1-5H3/q+1. The van der Waals surface area contributed by atoms with Crippen LogP contribution >= 0.6 is 0 Å². The highest BCUT2D eigenvalue weighted by Gasteiger charge is 2.14. The molecule has 0 fully saturated rings. The minimum Gasteiger partial charge on any atom is -0.439 e. The molecule has 74 valence electrons. The van der Waals surface area contributed by atoms with Gasteiger partial charge in [-0.25, -0.2) is 4.98 Å². The van der Waals surface area contributed by atoms with E-state index in [-0.39, 0.29) is 0 Å². The monoisotopic (exact) mass is 183 g/mol. The molecule has 0 saturated carbocycles. The Kier molecular flexibility index (Phi) is 2.76. The lowest BCUT2D eigenvalue weighted by molar-refractivity contribution is -0.884. The molecule has 0 bridgehead atoms. The minimum atomic E-state index is 0.376. The first-order valence-corrected chi connectivity index (χ1v) is 4.63. The van der Waals surface area contributed by atoms with Gasteiger partial charge in [0.2, 0.25) is 0 Å². The Bertz CT molecular complexity index is 271. The Balaban J connectivity index is 2.70. The molecule has 1 heterocycles. The lowest BCUT2D eigenvalue weighted by Crippen LogP contribution is -2.33. The van der Waals surface area contributed by atoms with Gasteiger partial charge in [-0.05, 0) is 0 Å². The number of nitrogens with zero attached hydrogens (tertiary/aromatic N) is 2. The number of aromatic nitrogens is 1. The second kappa shape index (κ2) is 3.50. The van der Waals surface area contributed by atoms with Crippen molar-refractivity contribution in [3.05, 3.63) is 17.8 Å². The van der Waals surface area contributed by atoms with Gasteiger partial charge in [0, 0.05) is 5.92 Å². The van der Waals surface area contributed by atoms with Crippen molar-refractivity contribution in [2.24, 2.45) is 0 Å². The van der Waals surface area contributed by atoms with Gasteiger partial charge in [0.15, 0.2) is 11.7 Å². The van der Waals surface area contributed by atoms with E-state index in [0.717, 1.165) is 22.7 Å². The van der Waals surface area contributed by atoms with Gasteiger partial charge in [-0.3, -0.25) is 0 Å². The van der Waals surface area contributed by atoms with Gasteiger partial charge in [-0.1, -0.05) is 13.8 Å². The SMILES string of the molecule is CC(C)c1ncc(C[N+](C)(C)C)o1. The van der Waals surface area contributed by atoms with Crippen LogP contribution in [0.2, 0.25) is 0 Å². The van der Waals surface area contributed by atoms with E-state index < -0.39 is 0 Å². The van der Waals surface area contributed by atoms with E-state index in [0.29, 0.717) is 5.92 Å². The van der Waals surface area contributed by atoms with Gasteiger partial charge in [0.25, 0.3) is 0 Å². The summed E-state index contributed by atoms with van der Waals surface area (Å²) in [6.07, 6.45) is 1.83. The molecule has 0 aliphatic heterocycles. The molecule has 0 aromatic carbocycles. The van der Waals surface area contributed by atoms with Crippen LogP contribution in [0.25, 0.3) is 0 Å². The summed E-state index contributed by atoms with van der Waals surface area (Å²) < 4.78 is 6.46. The zero-order chi connectivity index (χ0) is 10.1. The van der Waals surface area contributed by atoms with Crippen molar-refractivity contribution in [1.29, 1.82) is 0 Å². The highest BCUT2D eigenvalue weighted by Crippen LogP contribution is 2.15. The molecule has 3 heteroatoms. The van der Waals surface area contributed by atoms with Crippen molar-refractivity contribution in [3.63, 3.8) is 0 Å². The van der Waals surface area contributed by atoms with Gasteiger partial charge >= 0.3 is 0 Å². The van der Waals surface area contributed by atoms with E-state index in [1.54, 1.807) is 0 Å². The fourth-order valence-corrected chi connectivity index (χ4v) is 1.13. The van der Waals surface area contributed by atoms with Gasteiger partial charge in [-0.2, -0.15) is 0 Å². The summed E-state index contributed by atoms with van der Waals surface area (Å²) in [4.78, 5) is 4.22. The van der Waals surface area contributed by atoms with Gasteiger partial charge < -0.3 is 8.90 Å². The Morgan fingerprint density at radius 3 is 2.38 bits per heavy atom. The summed E-state index contributed by atoms with van der Waals surface area (Å²) in [5, 5.41) is 0. The predicted octanol–water partition coefficient (Wildman–Crippen LogP) is 2.00. The van der Waals surface area contributed by atoms with E-state index in [1.807, 2.05) is 6.20 Å². The molecule has 0 amide bonds. The third kappa shape index (κ3) is 3.19. The van der Waals surface area contributed by atoms with Crippen molar-refractivity contribution in [3.8, 4) is 0 Å². The summed E-state index contributed by atoms with van der Waals surface area (Å²) in [6.45, 7) is 5.06. The van der Waals surface area contributed by atoms with Crippen LogP contribution < -0.4 is 0 Å². The summed E-state index contributed by atoms with van der Waals surface area (Å²) >= 11 is 0. The normalized spacial score (nSPS) is 12.5. The molecule has 3 nitrogen and oxygen atoms in total. The minimum absolute atomic E-state index is 0.376. The van der Waals surface area contributed by atoms with E-state index in [2.05, 4.69) is 40.0 Å². The van der Waals surface area contributed by atoms with Crippen LogP contribution in [0.1, 0.15) is 31.4 Å². The number of quaternary nitrogens is 1. The van der Waals surface area contributed by atoms with Crippen LogP contribution in [0.5, 0.6) is 0 Å². The van der Waals surface area contributed by atoms with E-state index >= 15 is 0 Å². The predicted molar refractivity (Wildman–Crippen MR) is 52.3 cm³/mol. The molecule has 1 aromatic rings. The fraction of sp³-hybridized carbons (Fsp3) is 0.700. The Hall–Kier alpha value is -0.830.